The topological polar surface area (TPSA) is 266 Å². The van der Waals surface area contributed by atoms with Crippen LogP contribution >= 0.6 is 14.5 Å². The molecule has 2 saturated heterocycles. The molecule has 40 heavy (non-hydrogen) atoms. The Labute approximate surface area is 230 Å². The average molecular weight is 635 g/mol. The van der Waals surface area contributed by atoms with Gasteiger partial charge in [-0.25, -0.2) is 23.2 Å². The first kappa shape index (κ1) is 31.7. The number of fused-ring (bicyclic) bond motifs is 1. The van der Waals surface area contributed by atoms with Gasteiger partial charge in [-0.2, -0.15) is 0 Å². The molecule has 0 bridgehead atoms. The minimum absolute atomic E-state index is 0.0107. The Morgan fingerprint density at radius 2 is 2.02 bits per heavy atom. The summed E-state index contributed by atoms with van der Waals surface area (Å²) in [5.74, 6) is -5.90. The standard InChI is InChI=1S/C19H28FN3O14P2S/c1-2-32-16-13(22-6-23-17(16)21)9-3-8(25)10(34-9)5-33-39(31,40)37-38(29,30)36-18-12-15(27)14(26)11(7(20)4-24)19(12,28)35-18/h2,6-12,14-15,18,24-28H,1,3-5H2,(H,29,30)(H,31,40)(H2,21,22,23)/t7-,8-,9?,10+,11?,12?,14?,15?,18?,19?,39?/m0/s1. The van der Waals surface area contributed by atoms with Crippen molar-refractivity contribution < 1.29 is 71.8 Å². The highest BCUT2D eigenvalue weighted by molar-refractivity contribution is 8.08. The number of anilines is 1. The maximum atomic E-state index is 14.0. The summed E-state index contributed by atoms with van der Waals surface area (Å²) in [6.45, 7) is -2.85. The van der Waals surface area contributed by atoms with E-state index in [0.29, 0.717) is 0 Å². The third kappa shape index (κ3) is 6.10. The molecule has 0 spiro atoms. The molecule has 4 rings (SSSR count). The molecular weight excluding hydrogens is 607 g/mol. The van der Waals surface area contributed by atoms with Gasteiger partial charge in [0.1, 0.15) is 30.4 Å². The molecule has 3 heterocycles. The van der Waals surface area contributed by atoms with Crippen molar-refractivity contribution in [3.8, 4) is 5.75 Å². The van der Waals surface area contributed by atoms with E-state index >= 15 is 0 Å². The number of hydrogen-bond donors (Lipinski definition) is 8. The summed E-state index contributed by atoms with van der Waals surface area (Å²) in [5, 5.41) is 50.2. The number of ether oxygens (including phenoxy) is 3. The normalized spacial score (nSPS) is 39.0. The van der Waals surface area contributed by atoms with Crippen LogP contribution in [-0.2, 0) is 39.2 Å². The van der Waals surface area contributed by atoms with Crippen LogP contribution in [0.2, 0.25) is 0 Å². The summed E-state index contributed by atoms with van der Waals surface area (Å²) in [7, 11) is -5.33. The van der Waals surface area contributed by atoms with Crippen molar-refractivity contribution in [2.75, 3.05) is 18.9 Å². The van der Waals surface area contributed by atoms with E-state index < -0.39 is 88.4 Å². The number of phosphoric acid groups is 1. The van der Waals surface area contributed by atoms with Gasteiger partial charge in [-0.05, 0) is 11.8 Å². The van der Waals surface area contributed by atoms with Crippen molar-refractivity contribution in [3.05, 3.63) is 24.9 Å². The van der Waals surface area contributed by atoms with E-state index in [9.17, 15) is 39.2 Å². The molecule has 2 aliphatic heterocycles. The number of alkyl halides is 1. The largest absolute Gasteiger partial charge is 0.481 e. The van der Waals surface area contributed by atoms with Crippen LogP contribution in [0.1, 0.15) is 18.2 Å². The number of nitrogens with two attached hydrogens (primary N) is 1. The molecule has 3 fully saturated rings. The lowest BCUT2D eigenvalue weighted by molar-refractivity contribution is -0.426. The van der Waals surface area contributed by atoms with Crippen LogP contribution in [0.5, 0.6) is 5.75 Å². The minimum Gasteiger partial charge on any atom is -0.460 e. The SMILES string of the molecule is C=COc1c(N)ncnc1C1C[C@H](O)[C@@H](COP(O)(=S)OP(=O)(O)OC2OC3(O)C2C(O)C(O)C3[C@@H](F)CO)O1. The fourth-order valence-electron chi connectivity index (χ4n) is 4.87. The van der Waals surface area contributed by atoms with E-state index in [1.165, 1.54) is 0 Å². The van der Waals surface area contributed by atoms with Crippen LogP contribution in [0.15, 0.2) is 19.2 Å². The molecule has 226 valence electrons. The Bertz CT molecular complexity index is 1200. The Kier molecular flexibility index (Phi) is 9.34. The molecule has 1 aromatic heterocycles. The average Bonchev–Trinajstić information content (AvgIpc) is 3.29. The number of aliphatic hydroxyl groups excluding tert-OH is 4. The van der Waals surface area contributed by atoms with Crippen LogP contribution in [-0.4, -0.2) is 101 Å². The van der Waals surface area contributed by atoms with Crippen molar-refractivity contribution in [3.63, 3.8) is 0 Å². The lowest BCUT2D eigenvalue weighted by Crippen LogP contribution is -2.64. The summed E-state index contributed by atoms with van der Waals surface area (Å²) in [6.07, 6.45) is -8.78. The number of aliphatic hydroxyl groups is 5. The Balaban J connectivity index is 1.34. The van der Waals surface area contributed by atoms with Crippen molar-refractivity contribution in [1.82, 2.24) is 9.97 Å². The molecule has 9 N–H and O–H groups in total. The van der Waals surface area contributed by atoms with E-state index in [-0.39, 0.29) is 23.7 Å². The summed E-state index contributed by atoms with van der Waals surface area (Å²) < 4.78 is 56.7. The molecule has 12 atom stereocenters. The number of nitrogens with zero attached hydrogens (tertiary/aromatic N) is 2. The van der Waals surface area contributed by atoms with Crippen molar-refractivity contribution in [2.24, 2.45) is 11.8 Å². The second kappa shape index (κ2) is 11.8. The Morgan fingerprint density at radius 3 is 2.67 bits per heavy atom. The quantitative estimate of drug-likeness (QED) is 0.0957. The Morgan fingerprint density at radius 1 is 1.32 bits per heavy atom. The second-order valence-corrected chi connectivity index (χ2v) is 13.5. The fraction of sp³-hybridized carbons (Fsp3) is 0.684. The molecule has 0 amide bonds. The molecule has 9 unspecified atom stereocenters. The predicted molar refractivity (Wildman–Crippen MR) is 131 cm³/mol. The zero-order valence-electron chi connectivity index (χ0n) is 20.3. The molecule has 1 aromatic rings. The molecule has 1 saturated carbocycles. The van der Waals surface area contributed by atoms with Gasteiger partial charge in [0.05, 0.1) is 49.6 Å². The summed E-state index contributed by atoms with van der Waals surface area (Å²) >= 11 is 4.74. The lowest BCUT2D eigenvalue weighted by Gasteiger charge is -2.49. The van der Waals surface area contributed by atoms with Gasteiger partial charge >= 0.3 is 14.5 Å². The first-order valence-corrected chi connectivity index (χ1v) is 15.6. The molecule has 0 aromatic carbocycles. The number of nitrogen functional groups attached to an aromatic ring is 1. The smallest absolute Gasteiger partial charge is 0.460 e. The maximum absolute atomic E-state index is 14.0. The summed E-state index contributed by atoms with van der Waals surface area (Å²) in [4.78, 5) is 28.3. The summed E-state index contributed by atoms with van der Waals surface area (Å²) in [6, 6.07) is 0. The maximum Gasteiger partial charge on any atom is 0.481 e. The number of rotatable bonds is 12. The van der Waals surface area contributed by atoms with Gasteiger partial charge in [0.15, 0.2) is 23.6 Å². The van der Waals surface area contributed by atoms with Gasteiger partial charge in [0.25, 0.3) is 0 Å². The zero-order valence-corrected chi connectivity index (χ0v) is 22.9. The van der Waals surface area contributed by atoms with Crippen molar-refractivity contribution in [2.45, 2.75) is 55.2 Å². The molecule has 3 aliphatic rings. The first-order chi connectivity index (χ1) is 18.6. The monoisotopic (exact) mass is 635 g/mol. The second-order valence-electron chi connectivity index (χ2n) is 9.11. The minimum atomic E-state index is -5.33. The molecule has 21 heteroatoms. The molecule has 17 nitrogen and oxygen atoms in total. The highest BCUT2D eigenvalue weighted by Crippen LogP contribution is 2.65. The molecule has 1 aliphatic carbocycles. The van der Waals surface area contributed by atoms with Crippen molar-refractivity contribution >= 4 is 32.2 Å². The van der Waals surface area contributed by atoms with Crippen LogP contribution in [0.3, 0.4) is 0 Å². The van der Waals surface area contributed by atoms with Gasteiger partial charge in [0, 0.05) is 6.42 Å². The number of aromatic nitrogens is 2. The predicted octanol–water partition coefficient (Wildman–Crippen LogP) is -1.52. The van der Waals surface area contributed by atoms with Gasteiger partial charge in [-0.15, -0.1) is 0 Å². The lowest BCUT2D eigenvalue weighted by atomic mass is 9.87. The van der Waals surface area contributed by atoms with Gasteiger partial charge < -0.3 is 59.8 Å². The summed E-state index contributed by atoms with van der Waals surface area (Å²) in [5.41, 5.74) is 5.98. The highest BCUT2D eigenvalue weighted by Gasteiger charge is 2.73. The Hall–Kier alpha value is -1.25. The van der Waals surface area contributed by atoms with E-state index in [0.717, 1.165) is 12.6 Å². The third-order valence-corrected chi connectivity index (χ3v) is 10.2. The number of hydrogen-bond acceptors (Lipinski definition) is 16. The molecule has 0 radical (unpaired) electrons. The number of phosphoric ester groups is 1. The fourth-order valence-corrected chi connectivity index (χ4v) is 7.97. The van der Waals surface area contributed by atoms with Gasteiger partial charge in [-0.1, -0.05) is 6.58 Å². The third-order valence-electron chi connectivity index (χ3n) is 6.64. The van der Waals surface area contributed by atoms with E-state index in [4.69, 9.17) is 45.9 Å². The van der Waals surface area contributed by atoms with Gasteiger partial charge in [-0.3, -0.25) is 4.52 Å². The van der Waals surface area contributed by atoms with Crippen LogP contribution < -0.4 is 10.5 Å². The van der Waals surface area contributed by atoms with E-state index in [1.54, 1.807) is 0 Å². The van der Waals surface area contributed by atoms with Crippen LogP contribution in [0.4, 0.5) is 10.2 Å². The number of halogens is 1. The zero-order chi connectivity index (χ0) is 29.6. The van der Waals surface area contributed by atoms with Crippen molar-refractivity contribution in [1.29, 1.82) is 0 Å². The highest BCUT2D eigenvalue weighted by atomic mass is 32.5. The van der Waals surface area contributed by atoms with Crippen LogP contribution in [0.25, 0.3) is 0 Å². The van der Waals surface area contributed by atoms with E-state index in [2.05, 4.69) is 20.9 Å². The van der Waals surface area contributed by atoms with Crippen LogP contribution in [0, 0.1) is 11.8 Å². The molecular formula is C19H28FN3O14P2S. The van der Waals surface area contributed by atoms with E-state index in [1.807, 2.05) is 0 Å². The first-order valence-electron chi connectivity index (χ1n) is 11.6. The van der Waals surface area contributed by atoms with Gasteiger partial charge in [0.2, 0.25) is 0 Å².